The Morgan fingerprint density at radius 1 is 1.50 bits per heavy atom. The molecule has 1 amide bonds. The molecule has 0 aromatic heterocycles. The zero-order valence-corrected chi connectivity index (χ0v) is 9.13. The third-order valence-electron chi connectivity index (χ3n) is 3.15. The van der Waals surface area contributed by atoms with Crippen molar-refractivity contribution in [1.82, 2.24) is 4.90 Å². The van der Waals surface area contributed by atoms with Crippen LogP contribution in [0.5, 0.6) is 0 Å². The van der Waals surface area contributed by atoms with Gasteiger partial charge >= 0.3 is 0 Å². The van der Waals surface area contributed by atoms with Crippen LogP contribution in [0.4, 0.5) is 0 Å². The van der Waals surface area contributed by atoms with Crippen molar-refractivity contribution in [1.29, 1.82) is 0 Å². The molecule has 3 nitrogen and oxygen atoms in total. The molecule has 0 aromatic carbocycles. The average molecular weight is 215 g/mol. The van der Waals surface area contributed by atoms with Gasteiger partial charge < -0.3 is 10.0 Å². The van der Waals surface area contributed by atoms with Crippen LogP contribution in [-0.2, 0) is 4.79 Å². The number of thioether (sulfide) groups is 1. The van der Waals surface area contributed by atoms with Gasteiger partial charge in [0.15, 0.2) is 0 Å². The van der Waals surface area contributed by atoms with Crippen molar-refractivity contribution >= 4 is 17.7 Å². The number of rotatable bonds is 2. The van der Waals surface area contributed by atoms with Gasteiger partial charge in [0.25, 0.3) is 0 Å². The Balaban J connectivity index is 1.95. The van der Waals surface area contributed by atoms with Crippen molar-refractivity contribution in [2.75, 3.05) is 24.7 Å². The van der Waals surface area contributed by atoms with E-state index in [0.29, 0.717) is 0 Å². The van der Waals surface area contributed by atoms with Crippen LogP contribution in [0.25, 0.3) is 0 Å². The summed E-state index contributed by atoms with van der Waals surface area (Å²) < 4.78 is 0. The lowest BCUT2D eigenvalue weighted by Crippen LogP contribution is -2.41. The fourth-order valence-electron chi connectivity index (χ4n) is 2.28. The predicted molar refractivity (Wildman–Crippen MR) is 57.3 cm³/mol. The first-order valence-electron chi connectivity index (χ1n) is 5.32. The molecule has 80 valence electrons. The maximum atomic E-state index is 12.0. The number of amides is 1. The van der Waals surface area contributed by atoms with Gasteiger partial charge in [-0.3, -0.25) is 4.79 Å². The van der Waals surface area contributed by atoms with E-state index in [4.69, 9.17) is 5.11 Å². The van der Waals surface area contributed by atoms with E-state index in [-0.39, 0.29) is 24.5 Å². The van der Waals surface area contributed by atoms with Crippen molar-refractivity contribution in [2.24, 2.45) is 5.92 Å². The number of aliphatic hydroxyl groups is 1. The van der Waals surface area contributed by atoms with Gasteiger partial charge in [-0.25, -0.2) is 0 Å². The highest BCUT2D eigenvalue weighted by Crippen LogP contribution is 2.28. The van der Waals surface area contributed by atoms with Gasteiger partial charge in [-0.15, -0.1) is 0 Å². The first kappa shape index (κ1) is 10.3. The molecule has 2 saturated heterocycles. The monoisotopic (exact) mass is 215 g/mol. The molecule has 2 atom stereocenters. The molecule has 2 aliphatic heterocycles. The third-order valence-corrected chi connectivity index (χ3v) is 4.31. The van der Waals surface area contributed by atoms with Gasteiger partial charge in [-0.1, -0.05) is 0 Å². The Labute approximate surface area is 88.9 Å². The summed E-state index contributed by atoms with van der Waals surface area (Å²) in [6.45, 7) is 0.983. The molecule has 1 N–H and O–H groups in total. The van der Waals surface area contributed by atoms with Crippen LogP contribution in [0.15, 0.2) is 0 Å². The first-order chi connectivity index (χ1) is 6.83. The summed E-state index contributed by atoms with van der Waals surface area (Å²) in [4.78, 5) is 13.9. The van der Waals surface area contributed by atoms with Crippen molar-refractivity contribution in [2.45, 2.75) is 25.3 Å². The zero-order chi connectivity index (χ0) is 9.97. The summed E-state index contributed by atoms with van der Waals surface area (Å²) in [6.07, 6.45) is 3.05. The number of hydrogen-bond acceptors (Lipinski definition) is 3. The molecule has 0 aromatic rings. The molecule has 2 fully saturated rings. The number of aliphatic hydroxyl groups excluding tert-OH is 1. The summed E-state index contributed by atoms with van der Waals surface area (Å²) in [6, 6.07) is 0.105. The van der Waals surface area contributed by atoms with E-state index >= 15 is 0 Å². The lowest BCUT2D eigenvalue weighted by Gasteiger charge is -2.25. The number of carbonyl (C=O) groups excluding carboxylic acids is 1. The van der Waals surface area contributed by atoms with E-state index in [1.54, 1.807) is 0 Å². The molecule has 0 spiro atoms. The summed E-state index contributed by atoms with van der Waals surface area (Å²) in [5, 5.41) is 9.13. The van der Waals surface area contributed by atoms with E-state index in [0.717, 1.165) is 37.3 Å². The van der Waals surface area contributed by atoms with Gasteiger partial charge in [0.05, 0.1) is 12.6 Å². The van der Waals surface area contributed by atoms with E-state index < -0.39 is 0 Å². The van der Waals surface area contributed by atoms with Crippen molar-refractivity contribution < 1.29 is 9.90 Å². The predicted octanol–water partition coefficient (Wildman–Crippen LogP) is 0.723. The minimum absolute atomic E-state index is 0.105. The van der Waals surface area contributed by atoms with Crippen molar-refractivity contribution in [3.63, 3.8) is 0 Å². The van der Waals surface area contributed by atoms with Crippen LogP contribution < -0.4 is 0 Å². The van der Waals surface area contributed by atoms with Gasteiger partial charge in [-0.05, 0) is 25.0 Å². The molecule has 2 heterocycles. The summed E-state index contributed by atoms with van der Waals surface area (Å²) in [5.41, 5.74) is 0. The van der Waals surface area contributed by atoms with Crippen LogP contribution in [-0.4, -0.2) is 46.6 Å². The van der Waals surface area contributed by atoms with Crippen LogP contribution in [0.2, 0.25) is 0 Å². The van der Waals surface area contributed by atoms with E-state index in [2.05, 4.69) is 0 Å². The molecule has 0 bridgehead atoms. The largest absolute Gasteiger partial charge is 0.394 e. The molecule has 14 heavy (non-hydrogen) atoms. The van der Waals surface area contributed by atoms with Crippen molar-refractivity contribution in [3.05, 3.63) is 0 Å². The fourth-order valence-corrected chi connectivity index (χ4v) is 3.49. The van der Waals surface area contributed by atoms with Gasteiger partial charge in [0.1, 0.15) is 0 Å². The maximum Gasteiger partial charge on any atom is 0.226 e. The SMILES string of the molecule is O=C(C1CCSC1)N1CCC[C@H]1CO. The molecular weight excluding hydrogens is 198 g/mol. The number of hydrogen-bond donors (Lipinski definition) is 1. The van der Waals surface area contributed by atoms with E-state index in [9.17, 15) is 4.79 Å². The Bertz CT molecular complexity index is 216. The minimum atomic E-state index is 0.105. The molecule has 2 rings (SSSR count). The Morgan fingerprint density at radius 2 is 2.36 bits per heavy atom. The van der Waals surface area contributed by atoms with Gasteiger partial charge in [-0.2, -0.15) is 11.8 Å². The maximum absolute atomic E-state index is 12.0. The molecule has 0 saturated carbocycles. The Kier molecular flexibility index (Phi) is 3.34. The standard InChI is InChI=1S/C10H17NO2S/c12-6-9-2-1-4-11(9)10(13)8-3-5-14-7-8/h8-9,12H,1-7H2/t8?,9-/m0/s1. The lowest BCUT2D eigenvalue weighted by molar-refractivity contribution is -0.136. The van der Waals surface area contributed by atoms with Crippen LogP contribution >= 0.6 is 11.8 Å². The molecule has 0 aliphatic carbocycles. The molecule has 2 aliphatic rings. The molecular formula is C10H17NO2S. The number of carbonyl (C=O) groups is 1. The summed E-state index contributed by atoms with van der Waals surface area (Å²) >= 11 is 1.87. The smallest absolute Gasteiger partial charge is 0.226 e. The Hall–Kier alpha value is -0.220. The molecule has 4 heteroatoms. The fraction of sp³-hybridized carbons (Fsp3) is 0.900. The highest BCUT2D eigenvalue weighted by Gasteiger charge is 2.33. The zero-order valence-electron chi connectivity index (χ0n) is 8.32. The number of nitrogens with zero attached hydrogens (tertiary/aromatic N) is 1. The first-order valence-corrected chi connectivity index (χ1v) is 6.47. The van der Waals surface area contributed by atoms with E-state index in [1.807, 2.05) is 16.7 Å². The lowest BCUT2D eigenvalue weighted by atomic mass is 10.1. The van der Waals surface area contributed by atoms with Crippen LogP contribution in [0, 0.1) is 5.92 Å². The third kappa shape index (κ3) is 1.91. The molecule has 0 radical (unpaired) electrons. The highest BCUT2D eigenvalue weighted by molar-refractivity contribution is 7.99. The topological polar surface area (TPSA) is 40.5 Å². The normalized spacial score (nSPS) is 32.5. The number of likely N-dealkylation sites (tertiary alicyclic amines) is 1. The summed E-state index contributed by atoms with van der Waals surface area (Å²) in [5.74, 6) is 2.61. The second kappa shape index (κ2) is 4.53. The molecule has 1 unspecified atom stereocenters. The summed E-state index contributed by atoms with van der Waals surface area (Å²) in [7, 11) is 0. The highest BCUT2D eigenvalue weighted by atomic mass is 32.2. The Morgan fingerprint density at radius 3 is 3.00 bits per heavy atom. The van der Waals surface area contributed by atoms with Crippen LogP contribution in [0.3, 0.4) is 0 Å². The second-order valence-electron chi connectivity index (χ2n) is 4.07. The quantitative estimate of drug-likeness (QED) is 0.738. The average Bonchev–Trinajstić information content (AvgIpc) is 2.87. The van der Waals surface area contributed by atoms with Gasteiger partial charge in [0.2, 0.25) is 5.91 Å². The van der Waals surface area contributed by atoms with Crippen LogP contribution in [0.1, 0.15) is 19.3 Å². The van der Waals surface area contributed by atoms with E-state index in [1.165, 1.54) is 0 Å². The van der Waals surface area contributed by atoms with Crippen molar-refractivity contribution in [3.8, 4) is 0 Å². The van der Waals surface area contributed by atoms with Gasteiger partial charge in [0, 0.05) is 18.2 Å². The second-order valence-corrected chi connectivity index (χ2v) is 5.22. The minimum Gasteiger partial charge on any atom is -0.394 e.